The maximum absolute atomic E-state index is 12.5. The van der Waals surface area contributed by atoms with Crippen LogP contribution in [0.25, 0.3) is 0 Å². The van der Waals surface area contributed by atoms with Crippen molar-refractivity contribution in [3.63, 3.8) is 0 Å². The Morgan fingerprint density at radius 1 is 1.20 bits per heavy atom. The number of carbonyl (C=O) groups is 1. The molecule has 0 aliphatic carbocycles. The lowest BCUT2D eigenvalue weighted by molar-refractivity contribution is 0.0947. The lowest BCUT2D eigenvalue weighted by Crippen LogP contribution is -2.23. The van der Waals surface area contributed by atoms with Gasteiger partial charge >= 0.3 is 0 Å². The molecule has 5 nitrogen and oxygen atoms in total. The van der Waals surface area contributed by atoms with Crippen LogP contribution in [0.4, 0.5) is 0 Å². The number of hydrogen-bond acceptors (Lipinski definition) is 5. The number of carbonyl (C=O) groups excluding carboxylic acids is 1. The van der Waals surface area contributed by atoms with Crippen molar-refractivity contribution in [2.24, 2.45) is 0 Å². The zero-order chi connectivity index (χ0) is 17.6. The molecule has 128 valence electrons. The van der Waals surface area contributed by atoms with E-state index in [1.54, 1.807) is 18.3 Å². The van der Waals surface area contributed by atoms with Crippen LogP contribution >= 0.6 is 11.8 Å². The van der Waals surface area contributed by atoms with Crippen LogP contribution in [0.2, 0.25) is 0 Å². The SMILES string of the molecule is Cc1ccc(CNC(=O)c2cccnc2SCc2cc(C)on2)cc1. The quantitative estimate of drug-likeness (QED) is 0.681. The molecule has 0 aliphatic heterocycles. The predicted octanol–water partition coefficient (Wildman–Crippen LogP) is 3.91. The van der Waals surface area contributed by atoms with Crippen molar-refractivity contribution in [1.29, 1.82) is 0 Å². The molecular formula is C19H19N3O2S. The van der Waals surface area contributed by atoms with Crippen molar-refractivity contribution in [2.45, 2.75) is 31.2 Å². The van der Waals surface area contributed by atoms with Crippen LogP contribution in [0.5, 0.6) is 0 Å². The molecule has 1 amide bonds. The van der Waals surface area contributed by atoms with Gasteiger partial charge in [-0.05, 0) is 31.5 Å². The van der Waals surface area contributed by atoms with Gasteiger partial charge in [0.25, 0.3) is 5.91 Å². The van der Waals surface area contributed by atoms with Gasteiger partial charge in [0, 0.05) is 24.6 Å². The minimum Gasteiger partial charge on any atom is -0.361 e. The van der Waals surface area contributed by atoms with Gasteiger partial charge in [-0.1, -0.05) is 46.7 Å². The van der Waals surface area contributed by atoms with Gasteiger partial charge in [-0.2, -0.15) is 0 Å². The Kier molecular flexibility index (Phi) is 5.50. The van der Waals surface area contributed by atoms with Crippen LogP contribution in [0, 0.1) is 13.8 Å². The molecule has 1 aromatic carbocycles. The fourth-order valence-corrected chi connectivity index (χ4v) is 3.16. The topological polar surface area (TPSA) is 68.0 Å². The third kappa shape index (κ3) is 4.70. The third-order valence-corrected chi connectivity index (χ3v) is 4.66. The summed E-state index contributed by atoms with van der Waals surface area (Å²) in [6.45, 7) is 4.38. The molecule has 6 heteroatoms. The van der Waals surface area contributed by atoms with Gasteiger partial charge in [0.05, 0.1) is 11.3 Å². The van der Waals surface area contributed by atoms with E-state index < -0.39 is 0 Å². The summed E-state index contributed by atoms with van der Waals surface area (Å²) in [5.74, 6) is 1.24. The Bertz CT molecular complexity index is 859. The van der Waals surface area contributed by atoms with Crippen molar-refractivity contribution in [3.8, 4) is 0 Å². The Balaban J connectivity index is 1.64. The molecule has 3 aromatic rings. The Morgan fingerprint density at radius 2 is 2.00 bits per heavy atom. The normalized spacial score (nSPS) is 10.6. The van der Waals surface area contributed by atoms with Crippen LogP contribution in [0.1, 0.15) is 32.9 Å². The lowest BCUT2D eigenvalue weighted by Gasteiger charge is -2.09. The Morgan fingerprint density at radius 3 is 2.72 bits per heavy atom. The Labute approximate surface area is 150 Å². The molecule has 0 bridgehead atoms. The first-order valence-corrected chi connectivity index (χ1v) is 8.94. The zero-order valence-electron chi connectivity index (χ0n) is 14.2. The van der Waals surface area contributed by atoms with Crippen molar-refractivity contribution in [3.05, 3.63) is 76.8 Å². The molecule has 0 saturated heterocycles. The number of hydrogen-bond donors (Lipinski definition) is 1. The molecule has 1 N–H and O–H groups in total. The van der Waals surface area contributed by atoms with Gasteiger partial charge in [0.15, 0.2) is 0 Å². The first-order valence-electron chi connectivity index (χ1n) is 7.95. The van der Waals surface area contributed by atoms with E-state index in [0.717, 1.165) is 17.0 Å². The monoisotopic (exact) mass is 353 g/mol. The highest BCUT2D eigenvalue weighted by atomic mass is 32.2. The minimum absolute atomic E-state index is 0.132. The molecule has 25 heavy (non-hydrogen) atoms. The maximum Gasteiger partial charge on any atom is 0.254 e. The highest BCUT2D eigenvalue weighted by molar-refractivity contribution is 7.98. The molecule has 2 aromatic heterocycles. The van der Waals surface area contributed by atoms with Gasteiger partial charge in [0.2, 0.25) is 0 Å². The first-order chi connectivity index (χ1) is 12.1. The summed E-state index contributed by atoms with van der Waals surface area (Å²) in [7, 11) is 0. The van der Waals surface area contributed by atoms with E-state index >= 15 is 0 Å². The molecule has 0 unspecified atom stereocenters. The van der Waals surface area contributed by atoms with E-state index in [1.807, 2.05) is 44.2 Å². The van der Waals surface area contributed by atoms with Crippen LogP contribution in [0.3, 0.4) is 0 Å². The largest absolute Gasteiger partial charge is 0.361 e. The second-order valence-corrected chi connectivity index (χ2v) is 6.71. The summed E-state index contributed by atoms with van der Waals surface area (Å²) in [5.41, 5.74) is 3.67. The molecule has 0 radical (unpaired) electrons. The molecule has 0 spiro atoms. The van der Waals surface area contributed by atoms with E-state index in [4.69, 9.17) is 4.52 Å². The van der Waals surface area contributed by atoms with E-state index in [0.29, 0.717) is 22.9 Å². The van der Waals surface area contributed by atoms with Crippen LogP contribution < -0.4 is 5.32 Å². The number of nitrogens with one attached hydrogen (secondary N) is 1. The molecule has 0 fully saturated rings. The minimum atomic E-state index is -0.132. The maximum atomic E-state index is 12.5. The molecule has 0 atom stereocenters. The number of nitrogens with zero attached hydrogens (tertiary/aromatic N) is 2. The van der Waals surface area contributed by atoms with Crippen molar-refractivity contribution in [1.82, 2.24) is 15.5 Å². The number of thioether (sulfide) groups is 1. The van der Waals surface area contributed by atoms with E-state index in [2.05, 4.69) is 15.5 Å². The highest BCUT2D eigenvalue weighted by Gasteiger charge is 2.13. The molecule has 0 saturated carbocycles. The fraction of sp³-hybridized carbons (Fsp3) is 0.211. The highest BCUT2D eigenvalue weighted by Crippen LogP contribution is 2.24. The van der Waals surface area contributed by atoms with Crippen LogP contribution in [-0.4, -0.2) is 16.0 Å². The second-order valence-electron chi connectivity index (χ2n) is 5.74. The van der Waals surface area contributed by atoms with Crippen LogP contribution in [-0.2, 0) is 12.3 Å². The second kappa shape index (κ2) is 7.98. The summed E-state index contributed by atoms with van der Waals surface area (Å²) in [4.78, 5) is 16.9. The third-order valence-electron chi connectivity index (χ3n) is 3.62. The summed E-state index contributed by atoms with van der Waals surface area (Å²) < 4.78 is 5.06. The van der Waals surface area contributed by atoms with Crippen LogP contribution in [0.15, 0.2) is 58.2 Å². The van der Waals surface area contributed by atoms with E-state index in [1.165, 1.54) is 17.3 Å². The molecule has 0 aliphatic rings. The Hall–Kier alpha value is -2.60. The van der Waals surface area contributed by atoms with Gasteiger partial charge in [0.1, 0.15) is 10.8 Å². The van der Waals surface area contributed by atoms with Gasteiger partial charge in [-0.25, -0.2) is 4.98 Å². The molecule has 2 heterocycles. The van der Waals surface area contributed by atoms with Crippen molar-refractivity contribution in [2.75, 3.05) is 0 Å². The standard InChI is InChI=1S/C19H19N3O2S/c1-13-5-7-15(8-6-13)11-21-18(23)17-4-3-9-20-19(17)25-12-16-10-14(2)24-22-16/h3-10H,11-12H2,1-2H3,(H,21,23). The smallest absolute Gasteiger partial charge is 0.254 e. The summed E-state index contributed by atoms with van der Waals surface area (Å²) in [6, 6.07) is 13.5. The zero-order valence-corrected chi connectivity index (χ0v) is 15.0. The van der Waals surface area contributed by atoms with Gasteiger partial charge in [-0.15, -0.1) is 0 Å². The number of benzene rings is 1. The molecular weight excluding hydrogens is 334 g/mol. The number of pyridine rings is 1. The number of aryl methyl sites for hydroxylation is 2. The average Bonchev–Trinajstić information content (AvgIpc) is 3.05. The summed E-state index contributed by atoms with van der Waals surface area (Å²) in [6.07, 6.45) is 1.69. The first kappa shape index (κ1) is 17.2. The van der Waals surface area contributed by atoms with E-state index in [9.17, 15) is 4.79 Å². The van der Waals surface area contributed by atoms with E-state index in [-0.39, 0.29) is 5.91 Å². The fourth-order valence-electron chi connectivity index (χ4n) is 2.29. The number of amides is 1. The summed E-state index contributed by atoms with van der Waals surface area (Å²) >= 11 is 1.47. The molecule has 3 rings (SSSR count). The predicted molar refractivity (Wildman–Crippen MR) is 97.4 cm³/mol. The lowest BCUT2D eigenvalue weighted by atomic mass is 10.1. The van der Waals surface area contributed by atoms with Gasteiger partial charge < -0.3 is 9.84 Å². The summed E-state index contributed by atoms with van der Waals surface area (Å²) in [5, 5.41) is 7.60. The van der Waals surface area contributed by atoms with Gasteiger partial charge in [-0.3, -0.25) is 4.79 Å². The number of aromatic nitrogens is 2. The van der Waals surface area contributed by atoms with Crippen molar-refractivity contribution < 1.29 is 9.32 Å². The van der Waals surface area contributed by atoms with Crippen molar-refractivity contribution >= 4 is 17.7 Å². The number of rotatable bonds is 6. The average molecular weight is 353 g/mol.